The van der Waals surface area contributed by atoms with Crippen molar-refractivity contribution in [2.45, 2.75) is 13.5 Å². The second kappa shape index (κ2) is 9.97. The minimum Gasteiger partial charge on any atom is -0.493 e. The molecule has 0 bridgehead atoms. The third kappa shape index (κ3) is 4.87. The van der Waals surface area contributed by atoms with Crippen LogP contribution in [0.3, 0.4) is 0 Å². The van der Waals surface area contributed by atoms with Crippen LogP contribution in [0, 0.1) is 5.82 Å². The Labute approximate surface area is 203 Å². The number of nitrogens with one attached hydrogen (secondary N) is 1. The number of benzene rings is 3. The maximum Gasteiger partial charge on any atom is 0.254 e. The van der Waals surface area contributed by atoms with Gasteiger partial charge in [0.15, 0.2) is 0 Å². The highest BCUT2D eigenvalue weighted by Crippen LogP contribution is 2.32. The fourth-order valence-corrected chi connectivity index (χ4v) is 4.02. The third-order valence-corrected chi connectivity index (χ3v) is 5.76. The molecule has 0 saturated heterocycles. The molecule has 0 saturated carbocycles. The largest absolute Gasteiger partial charge is 0.493 e. The monoisotopic (exact) mass is 474 g/mol. The molecule has 0 fully saturated rings. The highest BCUT2D eigenvalue weighted by Gasteiger charge is 2.19. The zero-order valence-electron chi connectivity index (χ0n) is 20.1. The van der Waals surface area contributed by atoms with Crippen molar-refractivity contribution >= 4 is 22.7 Å². The molecule has 180 valence electrons. The zero-order chi connectivity index (χ0) is 25.1. The third-order valence-electron chi connectivity index (χ3n) is 5.76. The second-order valence-corrected chi connectivity index (χ2v) is 8.45. The van der Waals surface area contributed by atoms with Crippen LogP contribution < -0.4 is 4.74 Å². The van der Waals surface area contributed by atoms with Crippen molar-refractivity contribution in [2.75, 3.05) is 27.7 Å². The van der Waals surface area contributed by atoms with E-state index in [1.54, 1.807) is 68.6 Å². The van der Waals surface area contributed by atoms with Gasteiger partial charge in [-0.2, -0.15) is 5.10 Å². The number of nitrogens with zero attached hydrogens (tertiary/aromatic N) is 3. The van der Waals surface area contributed by atoms with Gasteiger partial charge in [-0.3, -0.25) is 14.7 Å². The predicted octanol–water partition coefficient (Wildman–Crippen LogP) is 4.74. The lowest BCUT2D eigenvalue weighted by Gasteiger charge is -2.20. The van der Waals surface area contributed by atoms with Crippen LogP contribution in [0.4, 0.5) is 4.39 Å². The van der Waals surface area contributed by atoms with Crippen molar-refractivity contribution in [3.05, 3.63) is 83.3 Å². The van der Waals surface area contributed by atoms with Crippen LogP contribution in [0.2, 0.25) is 0 Å². The molecular formula is C27H27FN4O3. The number of fused-ring (bicyclic) bond motifs is 1. The lowest BCUT2D eigenvalue weighted by atomic mass is 10.0. The van der Waals surface area contributed by atoms with E-state index in [9.17, 15) is 14.0 Å². The van der Waals surface area contributed by atoms with E-state index in [4.69, 9.17) is 4.74 Å². The molecule has 0 aliphatic rings. The molecule has 0 spiro atoms. The van der Waals surface area contributed by atoms with E-state index in [1.165, 1.54) is 17.0 Å². The van der Waals surface area contributed by atoms with Crippen molar-refractivity contribution < 1.29 is 18.7 Å². The number of H-pyrrole nitrogens is 1. The number of aromatic amines is 1. The number of aromatic nitrogens is 2. The van der Waals surface area contributed by atoms with Gasteiger partial charge in [0.25, 0.3) is 11.8 Å². The Morgan fingerprint density at radius 3 is 2.54 bits per heavy atom. The van der Waals surface area contributed by atoms with Gasteiger partial charge in [-0.05, 0) is 54.4 Å². The van der Waals surface area contributed by atoms with Crippen molar-refractivity contribution in [1.82, 2.24) is 20.0 Å². The Hall–Kier alpha value is -4.20. The molecule has 3 aromatic carbocycles. The van der Waals surface area contributed by atoms with Gasteiger partial charge < -0.3 is 14.5 Å². The van der Waals surface area contributed by atoms with Gasteiger partial charge in [-0.1, -0.05) is 18.2 Å². The normalized spacial score (nSPS) is 10.9. The number of rotatable bonds is 7. The van der Waals surface area contributed by atoms with Gasteiger partial charge in [0.1, 0.15) is 11.6 Å². The molecule has 0 aliphatic carbocycles. The van der Waals surface area contributed by atoms with E-state index < -0.39 is 0 Å². The van der Waals surface area contributed by atoms with Crippen LogP contribution in [-0.2, 0) is 6.54 Å². The zero-order valence-corrected chi connectivity index (χ0v) is 20.1. The molecule has 0 radical (unpaired) electrons. The highest BCUT2D eigenvalue weighted by molar-refractivity contribution is 6.06. The van der Waals surface area contributed by atoms with Gasteiger partial charge in [-0.15, -0.1) is 0 Å². The number of amides is 2. The van der Waals surface area contributed by atoms with Gasteiger partial charge in [0.2, 0.25) is 0 Å². The Morgan fingerprint density at radius 1 is 1.03 bits per heavy atom. The van der Waals surface area contributed by atoms with Gasteiger partial charge in [0, 0.05) is 44.2 Å². The summed E-state index contributed by atoms with van der Waals surface area (Å²) in [7, 11) is 5.11. The number of hydrogen-bond acceptors (Lipinski definition) is 4. The van der Waals surface area contributed by atoms with Crippen LogP contribution in [0.25, 0.3) is 22.0 Å². The number of carbonyl (C=O) groups excluding carboxylic acids is 2. The molecule has 1 heterocycles. The molecule has 1 aromatic heterocycles. The van der Waals surface area contributed by atoms with E-state index in [0.29, 0.717) is 52.1 Å². The Morgan fingerprint density at radius 2 is 1.83 bits per heavy atom. The molecule has 7 nitrogen and oxygen atoms in total. The SMILES string of the molecule is CCOc1cc(C(=O)N(C)Cc2ccc(C(=O)N(C)C)c3cn[nH]c23)ccc1-c1cccc(F)c1. The summed E-state index contributed by atoms with van der Waals surface area (Å²) in [6.07, 6.45) is 1.62. The van der Waals surface area contributed by atoms with Crippen LogP contribution in [-0.4, -0.2) is 59.6 Å². The molecule has 35 heavy (non-hydrogen) atoms. The summed E-state index contributed by atoms with van der Waals surface area (Å²) in [4.78, 5) is 28.9. The molecule has 0 atom stereocenters. The summed E-state index contributed by atoms with van der Waals surface area (Å²) < 4.78 is 19.5. The number of hydrogen-bond donors (Lipinski definition) is 1. The average Bonchev–Trinajstić information content (AvgIpc) is 3.34. The topological polar surface area (TPSA) is 78.5 Å². The summed E-state index contributed by atoms with van der Waals surface area (Å²) in [5, 5.41) is 7.77. The smallest absolute Gasteiger partial charge is 0.254 e. The van der Waals surface area contributed by atoms with Crippen molar-refractivity contribution in [3.63, 3.8) is 0 Å². The quantitative estimate of drug-likeness (QED) is 0.420. The first-order valence-electron chi connectivity index (χ1n) is 11.2. The van der Waals surface area contributed by atoms with Crippen molar-refractivity contribution in [1.29, 1.82) is 0 Å². The Kier molecular flexibility index (Phi) is 6.82. The summed E-state index contributed by atoms with van der Waals surface area (Å²) in [5.74, 6) is -0.139. The Bertz CT molecular complexity index is 1400. The summed E-state index contributed by atoms with van der Waals surface area (Å²) in [6, 6.07) is 15.0. The van der Waals surface area contributed by atoms with Crippen LogP contribution in [0.15, 0.2) is 60.8 Å². The second-order valence-electron chi connectivity index (χ2n) is 8.45. The minimum absolute atomic E-state index is 0.116. The minimum atomic E-state index is -0.340. The maximum absolute atomic E-state index is 13.8. The van der Waals surface area contributed by atoms with E-state index in [-0.39, 0.29) is 17.6 Å². The maximum atomic E-state index is 13.8. The van der Waals surface area contributed by atoms with E-state index in [0.717, 1.165) is 5.56 Å². The molecule has 0 aliphatic heterocycles. The first-order valence-corrected chi connectivity index (χ1v) is 11.2. The fourth-order valence-electron chi connectivity index (χ4n) is 4.02. The molecule has 4 rings (SSSR count). The lowest BCUT2D eigenvalue weighted by molar-refractivity contribution is 0.0783. The van der Waals surface area contributed by atoms with E-state index in [1.807, 2.05) is 13.0 Å². The van der Waals surface area contributed by atoms with Gasteiger partial charge >= 0.3 is 0 Å². The van der Waals surface area contributed by atoms with Gasteiger partial charge in [0.05, 0.1) is 23.9 Å². The lowest BCUT2D eigenvalue weighted by Crippen LogP contribution is -2.26. The molecule has 8 heteroatoms. The summed E-state index contributed by atoms with van der Waals surface area (Å²) in [5.41, 5.74) is 3.95. The standard InChI is InChI=1S/C27H27FN4O3/c1-5-35-24-14-18(9-11-21(24)17-7-6-8-20(28)13-17)26(33)32(4)16-19-10-12-22(27(34)31(2)3)23-15-29-30-25(19)23/h6-15H,5,16H2,1-4H3,(H,29,30). The van der Waals surface area contributed by atoms with Crippen LogP contribution >= 0.6 is 0 Å². The van der Waals surface area contributed by atoms with Crippen molar-refractivity contribution in [3.8, 4) is 16.9 Å². The number of carbonyl (C=O) groups is 2. The van der Waals surface area contributed by atoms with Crippen LogP contribution in [0.5, 0.6) is 5.75 Å². The fraction of sp³-hybridized carbons (Fsp3) is 0.222. The number of ether oxygens (including phenoxy) is 1. The van der Waals surface area contributed by atoms with Crippen molar-refractivity contribution in [2.24, 2.45) is 0 Å². The highest BCUT2D eigenvalue weighted by atomic mass is 19.1. The molecule has 1 N–H and O–H groups in total. The summed E-state index contributed by atoms with van der Waals surface area (Å²) in [6.45, 7) is 2.57. The summed E-state index contributed by atoms with van der Waals surface area (Å²) >= 11 is 0. The Balaban J connectivity index is 1.61. The van der Waals surface area contributed by atoms with E-state index >= 15 is 0 Å². The number of halogens is 1. The first-order chi connectivity index (χ1) is 16.8. The molecule has 0 unspecified atom stereocenters. The van der Waals surface area contributed by atoms with E-state index in [2.05, 4.69) is 10.2 Å². The molecular weight excluding hydrogens is 447 g/mol. The predicted molar refractivity (Wildman–Crippen MR) is 133 cm³/mol. The van der Waals surface area contributed by atoms with Crippen LogP contribution in [0.1, 0.15) is 33.2 Å². The first kappa shape index (κ1) is 23.9. The van der Waals surface area contributed by atoms with Gasteiger partial charge in [-0.25, -0.2) is 4.39 Å². The molecule has 2 amide bonds. The molecule has 4 aromatic rings. The average molecular weight is 475 g/mol.